The molecule has 0 aromatic rings. The molecule has 3 amide bonds. The highest BCUT2D eigenvalue weighted by Crippen LogP contribution is 2.20. The van der Waals surface area contributed by atoms with Crippen molar-refractivity contribution in [1.29, 1.82) is 0 Å². The van der Waals surface area contributed by atoms with Gasteiger partial charge in [-0.05, 0) is 33.6 Å². The Balaban J connectivity index is 2.49. The maximum Gasteiger partial charge on any atom is 0.324 e. The molecule has 0 aromatic heterocycles. The van der Waals surface area contributed by atoms with Crippen LogP contribution in [0, 0.1) is 5.41 Å². The molecule has 1 atom stereocenters. The van der Waals surface area contributed by atoms with E-state index in [2.05, 4.69) is 5.32 Å². The molecule has 1 rings (SSSR count). The Bertz CT molecular complexity index is 406. The lowest BCUT2D eigenvalue weighted by molar-refractivity contribution is -0.149. The maximum absolute atomic E-state index is 12.0. The number of carbonyl (C=O) groups is 3. The van der Waals surface area contributed by atoms with Crippen molar-refractivity contribution in [1.82, 2.24) is 10.2 Å². The van der Waals surface area contributed by atoms with Gasteiger partial charge in [-0.15, -0.1) is 0 Å². The van der Waals surface area contributed by atoms with Crippen LogP contribution in [-0.4, -0.2) is 53.7 Å². The van der Waals surface area contributed by atoms with Gasteiger partial charge in [0.1, 0.15) is 0 Å². The molecular weight excluding hydrogens is 276 g/mol. The molecule has 0 spiro atoms. The van der Waals surface area contributed by atoms with Crippen LogP contribution in [0.3, 0.4) is 0 Å². The highest BCUT2D eigenvalue weighted by atomic mass is 16.5. The number of nitrogens with one attached hydrogen (secondary N) is 1. The normalized spacial score (nSPS) is 19.2. The van der Waals surface area contributed by atoms with E-state index in [1.807, 2.05) is 6.92 Å². The van der Waals surface area contributed by atoms with Crippen molar-refractivity contribution in [2.75, 3.05) is 19.7 Å². The van der Waals surface area contributed by atoms with Crippen LogP contribution in [0.2, 0.25) is 0 Å². The third-order valence-electron chi connectivity index (χ3n) is 3.50. The first-order valence-electron chi connectivity index (χ1n) is 7.20. The fraction of sp³-hybridized carbons (Fsp3) is 0.786. The third-order valence-corrected chi connectivity index (χ3v) is 3.50. The Kier molecular flexibility index (Phi) is 6.14. The van der Waals surface area contributed by atoms with Crippen LogP contribution in [0.15, 0.2) is 0 Å². The lowest BCUT2D eigenvalue weighted by atomic mass is 9.89. The Morgan fingerprint density at radius 2 is 2.05 bits per heavy atom. The minimum absolute atomic E-state index is 0.0000580. The van der Waals surface area contributed by atoms with Gasteiger partial charge in [-0.1, -0.05) is 0 Å². The van der Waals surface area contributed by atoms with Crippen LogP contribution in [-0.2, 0) is 14.3 Å². The summed E-state index contributed by atoms with van der Waals surface area (Å²) >= 11 is 0. The quantitative estimate of drug-likeness (QED) is 0.796. The molecule has 0 aromatic carbocycles. The monoisotopic (exact) mass is 300 g/mol. The van der Waals surface area contributed by atoms with Crippen molar-refractivity contribution in [3.05, 3.63) is 0 Å². The first-order chi connectivity index (χ1) is 9.76. The van der Waals surface area contributed by atoms with Gasteiger partial charge in [0.2, 0.25) is 5.91 Å². The number of aliphatic carboxylic acids is 1. The second-order valence-electron chi connectivity index (χ2n) is 5.88. The summed E-state index contributed by atoms with van der Waals surface area (Å²) in [6.45, 7) is 6.42. The predicted octanol–water partition coefficient (Wildman–Crippen LogP) is 1.22. The second kappa shape index (κ2) is 7.40. The molecule has 7 heteroatoms. The zero-order valence-corrected chi connectivity index (χ0v) is 12.8. The first kappa shape index (κ1) is 17.4. The van der Waals surface area contributed by atoms with Gasteiger partial charge in [0.05, 0.1) is 11.5 Å². The summed E-state index contributed by atoms with van der Waals surface area (Å²) in [5.74, 6) is -1.65. The molecule has 1 heterocycles. The standard InChI is InChI=1S/C14H24N2O5/c1-4-21-10-6-5-7-16(9-10)13(20)15-11(17)8-14(2,3)12(18)19/h10H,4-9H2,1-3H3,(H,18,19)(H,15,17,20). The van der Waals surface area contributed by atoms with Crippen LogP contribution in [0.1, 0.15) is 40.0 Å². The summed E-state index contributed by atoms with van der Waals surface area (Å²) in [5.41, 5.74) is -1.19. The second-order valence-corrected chi connectivity index (χ2v) is 5.88. The number of carboxylic acid groups (broad SMARTS) is 1. The fourth-order valence-electron chi connectivity index (χ4n) is 2.21. The van der Waals surface area contributed by atoms with Gasteiger partial charge in [0, 0.05) is 26.1 Å². The van der Waals surface area contributed by atoms with Crippen molar-refractivity contribution >= 4 is 17.9 Å². The van der Waals surface area contributed by atoms with Crippen molar-refractivity contribution in [3.63, 3.8) is 0 Å². The summed E-state index contributed by atoms with van der Waals surface area (Å²) in [5, 5.41) is 11.2. The topological polar surface area (TPSA) is 95.9 Å². The smallest absolute Gasteiger partial charge is 0.324 e. The van der Waals surface area contributed by atoms with Crippen LogP contribution >= 0.6 is 0 Å². The minimum Gasteiger partial charge on any atom is -0.481 e. The Morgan fingerprint density at radius 3 is 2.62 bits per heavy atom. The summed E-state index contributed by atoms with van der Waals surface area (Å²) in [6.07, 6.45) is 1.49. The van der Waals surface area contributed by atoms with E-state index in [1.165, 1.54) is 18.7 Å². The number of likely N-dealkylation sites (tertiary alicyclic amines) is 1. The largest absolute Gasteiger partial charge is 0.481 e. The molecule has 1 saturated heterocycles. The molecule has 7 nitrogen and oxygen atoms in total. The number of nitrogens with zero attached hydrogens (tertiary/aromatic N) is 1. The molecule has 120 valence electrons. The van der Waals surface area contributed by atoms with Gasteiger partial charge in [-0.25, -0.2) is 4.79 Å². The average Bonchev–Trinajstić information content (AvgIpc) is 2.38. The summed E-state index contributed by atoms with van der Waals surface area (Å²) in [4.78, 5) is 36.3. The summed E-state index contributed by atoms with van der Waals surface area (Å²) in [6, 6.07) is -0.481. The predicted molar refractivity (Wildman–Crippen MR) is 75.8 cm³/mol. The average molecular weight is 300 g/mol. The van der Waals surface area contributed by atoms with Crippen LogP contribution in [0.4, 0.5) is 4.79 Å². The van der Waals surface area contributed by atoms with Crippen molar-refractivity contribution in [3.8, 4) is 0 Å². The lowest BCUT2D eigenvalue weighted by Crippen LogP contribution is -2.50. The first-order valence-corrected chi connectivity index (χ1v) is 7.20. The fourth-order valence-corrected chi connectivity index (χ4v) is 2.21. The zero-order valence-electron chi connectivity index (χ0n) is 12.8. The van der Waals surface area contributed by atoms with Crippen LogP contribution in [0.25, 0.3) is 0 Å². The number of hydrogen-bond donors (Lipinski definition) is 2. The number of carbonyl (C=O) groups excluding carboxylic acids is 2. The van der Waals surface area contributed by atoms with Gasteiger partial charge < -0.3 is 14.7 Å². The van der Waals surface area contributed by atoms with Gasteiger partial charge in [-0.3, -0.25) is 14.9 Å². The van der Waals surface area contributed by atoms with Crippen LogP contribution < -0.4 is 5.32 Å². The molecule has 21 heavy (non-hydrogen) atoms. The van der Waals surface area contributed by atoms with Crippen molar-refractivity contribution in [2.45, 2.75) is 46.1 Å². The highest BCUT2D eigenvalue weighted by molar-refractivity contribution is 5.96. The number of carboxylic acids is 1. The number of ether oxygens (including phenoxy) is 1. The van der Waals surface area contributed by atoms with E-state index < -0.39 is 23.3 Å². The minimum atomic E-state index is -1.19. The van der Waals surface area contributed by atoms with E-state index in [1.54, 1.807) is 0 Å². The number of rotatable bonds is 5. The molecule has 1 aliphatic rings. The molecular formula is C14H24N2O5. The molecule has 2 N–H and O–H groups in total. The van der Waals surface area contributed by atoms with Gasteiger partial charge in [0.25, 0.3) is 0 Å². The molecule has 0 radical (unpaired) electrons. The number of urea groups is 1. The lowest BCUT2D eigenvalue weighted by Gasteiger charge is -2.32. The zero-order chi connectivity index (χ0) is 16.0. The Labute approximate surface area is 124 Å². The van der Waals surface area contributed by atoms with Gasteiger partial charge in [0.15, 0.2) is 0 Å². The summed E-state index contributed by atoms with van der Waals surface area (Å²) < 4.78 is 5.50. The number of imide groups is 1. The van der Waals surface area contributed by atoms with E-state index in [0.29, 0.717) is 19.7 Å². The Hall–Kier alpha value is -1.63. The van der Waals surface area contributed by atoms with Crippen molar-refractivity contribution in [2.24, 2.45) is 5.41 Å². The van der Waals surface area contributed by atoms with Gasteiger partial charge >= 0.3 is 12.0 Å². The van der Waals surface area contributed by atoms with Crippen molar-refractivity contribution < 1.29 is 24.2 Å². The third kappa shape index (κ3) is 5.34. The SMILES string of the molecule is CCOC1CCCN(C(=O)NC(=O)CC(C)(C)C(=O)O)C1. The summed E-state index contributed by atoms with van der Waals surface area (Å²) in [7, 11) is 0. The van der Waals surface area contributed by atoms with E-state index in [9.17, 15) is 14.4 Å². The molecule has 0 saturated carbocycles. The van der Waals surface area contributed by atoms with E-state index in [0.717, 1.165) is 12.8 Å². The van der Waals surface area contributed by atoms with E-state index in [-0.39, 0.29) is 12.5 Å². The molecule has 1 fully saturated rings. The van der Waals surface area contributed by atoms with Crippen LogP contribution in [0.5, 0.6) is 0 Å². The number of amides is 3. The van der Waals surface area contributed by atoms with E-state index >= 15 is 0 Å². The molecule has 0 bridgehead atoms. The van der Waals surface area contributed by atoms with Gasteiger partial charge in [-0.2, -0.15) is 0 Å². The molecule has 1 unspecified atom stereocenters. The molecule has 1 aliphatic heterocycles. The highest BCUT2D eigenvalue weighted by Gasteiger charge is 2.32. The number of piperidine rings is 1. The van der Waals surface area contributed by atoms with E-state index in [4.69, 9.17) is 9.84 Å². The maximum atomic E-state index is 12.0. The molecule has 0 aliphatic carbocycles. The Morgan fingerprint density at radius 1 is 1.38 bits per heavy atom. The number of hydrogen-bond acceptors (Lipinski definition) is 4.